The van der Waals surface area contributed by atoms with E-state index in [1.54, 1.807) is 62.4 Å². The van der Waals surface area contributed by atoms with Crippen LogP contribution in [0.15, 0.2) is 82.6 Å². The van der Waals surface area contributed by atoms with E-state index in [9.17, 15) is 26.4 Å². The smallest absolute Gasteiger partial charge is 0.244 e. The van der Waals surface area contributed by atoms with Gasteiger partial charge >= 0.3 is 0 Å². The number of aryl methyl sites for hydroxylation is 2. The van der Waals surface area contributed by atoms with E-state index in [4.69, 9.17) is 0 Å². The highest BCUT2D eigenvalue weighted by Gasteiger charge is 2.35. The topological polar surface area (TPSA) is 133 Å². The predicted molar refractivity (Wildman–Crippen MR) is 168 cm³/mol. The van der Waals surface area contributed by atoms with Crippen LogP contribution in [0.3, 0.4) is 0 Å². The minimum atomic E-state index is -4.09. The van der Waals surface area contributed by atoms with Crippen molar-refractivity contribution in [1.82, 2.24) is 19.2 Å². The number of hydrogen-bond acceptors (Lipinski definition) is 6. The summed E-state index contributed by atoms with van der Waals surface area (Å²) in [5.41, 5.74) is 2.93. The van der Waals surface area contributed by atoms with E-state index in [2.05, 4.69) is 10.6 Å². The molecule has 3 aromatic rings. The van der Waals surface area contributed by atoms with E-state index in [0.29, 0.717) is 24.0 Å². The lowest BCUT2D eigenvalue weighted by molar-refractivity contribution is -0.125. The summed E-state index contributed by atoms with van der Waals surface area (Å²) in [6.45, 7) is 7.15. The number of hydrogen-bond donors (Lipinski definition) is 2. The Morgan fingerprint density at radius 3 is 1.34 bits per heavy atom. The van der Waals surface area contributed by atoms with Gasteiger partial charge in [-0.05, 0) is 75.9 Å². The molecule has 1 heterocycles. The Balaban J connectivity index is 1.77. The Morgan fingerprint density at radius 2 is 0.977 bits per heavy atom. The SMILES string of the molecule is Cc1ccc(S(=O)(=O)N2Cc3cccc(c3)CN(S(=O)(=O)c3ccc(C)cc3)[C@@H](C)C(=O)NCCCCNC(=O)[C@@H]2C)cc1. The number of carbonyl (C=O) groups is 2. The molecule has 10 nitrogen and oxygen atoms in total. The van der Waals surface area contributed by atoms with Gasteiger partial charge in [0.05, 0.1) is 9.79 Å². The number of benzene rings is 3. The van der Waals surface area contributed by atoms with Crippen molar-refractivity contribution in [2.24, 2.45) is 0 Å². The first-order chi connectivity index (χ1) is 20.8. The van der Waals surface area contributed by atoms with Gasteiger partial charge in [0, 0.05) is 26.2 Å². The first kappa shape index (κ1) is 33.3. The molecule has 12 heteroatoms. The minimum absolute atomic E-state index is 0.0681. The Labute approximate surface area is 260 Å². The normalized spacial score (nSPS) is 20.4. The molecule has 0 saturated carbocycles. The average Bonchev–Trinajstić information content (AvgIpc) is 2.99. The third-order valence-electron chi connectivity index (χ3n) is 7.75. The highest BCUT2D eigenvalue weighted by Crippen LogP contribution is 2.25. The summed E-state index contributed by atoms with van der Waals surface area (Å²) in [6.07, 6.45) is 1.06. The molecule has 0 saturated heterocycles. The predicted octanol–water partition coefficient (Wildman–Crippen LogP) is 3.49. The fourth-order valence-electron chi connectivity index (χ4n) is 4.97. The van der Waals surface area contributed by atoms with Crippen LogP contribution in [-0.4, -0.2) is 62.4 Å². The van der Waals surface area contributed by atoms with Crippen LogP contribution < -0.4 is 10.6 Å². The first-order valence-electron chi connectivity index (χ1n) is 14.6. The zero-order valence-electron chi connectivity index (χ0n) is 25.5. The monoisotopic (exact) mass is 640 g/mol. The maximum absolute atomic E-state index is 13.9. The number of nitrogens with one attached hydrogen (secondary N) is 2. The van der Waals surface area contributed by atoms with Crippen LogP contribution in [0.5, 0.6) is 0 Å². The zero-order chi connectivity index (χ0) is 32.1. The first-order valence-corrected chi connectivity index (χ1v) is 17.5. The number of nitrogens with zero attached hydrogens (tertiary/aromatic N) is 2. The van der Waals surface area contributed by atoms with Crippen LogP contribution in [0, 0.1) is 13.8 Å². The molecule has 236 valence electrons. The molecule has 2 atom stereocenters. The third-order valence-corrected chi connectivity index (χ3v) is 11.6. The Bertz CT molecular complexity index is 1570. The second-order valence-electron chi connectivity index (χ2n) is 11.2. The second-order valence-corrected chi connectivity index (χ2v) is 15.0. The Hall–Kier alpha value is -3.58. The van der Waals surface area contributed by atoms with E-state index >= 15 is 0 Å². The standard InChI is InChI=1S/C32H40N4O6S2/c1-23-10-14-29(15-11-23)43(39,40)35-21-27-8-7-9-28(20-27)22-36(44(41,42)30-16-12-24(2)13-17-30)26(4)32(38)34-19-6-5-18-33-31(37)25(35)3/h7-17,20,25-26H,5-6,18-19,21-22H2,1-4H3,(H,33,37)(H,34,38)/t25-,26-/m0/s1. The lowest BCUT2D eigenvalue weighted by atomic mass is 10.1. The van der Waals surface area contributed by atoms with E-state index in [1.807, 2.05) is 13.8 Å². The van der Waals surface area contributed by atoms with E-state index in [0.717, 1.165) is 11.1 Å². The van der Waals surface area contributed by atoms with Gasteiger partial charge in [-0.3, -0.25) is 9.59 Å². The van der Waals surface area contributed by atoms with E-state index in [-0.39, 0.29) is 36.0 Å². The van der Waals surface area contributed by atoms with Crippen LogP contribution in [0.1, 0.15) is 48.9 Å². The highest BCUT2D eigenvalue weighted by atomic mass is 32.2. The van der Waals surface area contributed by atoms with Crippen molar-refractivity contribution in [3.63, 3.8) is 0 Å². The van der Waals surface area contributed by atoms with Crippen LogP contribution in [0.2, 0.25) is 0 Å². The molecular formula is C32H40N4O6S2. The zero-order valence-corrected chi connectivity index (χ0v) is 27.1. The third kappa shape index (κ3) is 7.73. The maximum atomic E-state index is 13.9. The number of rotatable bonds is 4. The van der Waals surface area contributed by atoms with Crippen LogP contribution in [0.25, 0.3) is 0 Å². The van der Waals surface area contributed by atoms with Gasteiger partial charge in [0.1, 0.15) is 12.1 Å². The lowest BCUT2D eigenvalue weighted by Crippen LogP contribution is -2.47. The summed E-state index contributed by atoms with van der Waals surface area (Å²) < 4.78 is 57.9. The summed E-state index contributed by atoms with van der Waals surface area (Å²) >= 11 is 0. The van der Waals surface area contributed by atoms with Crippen LogP contribution >= 0.6 is 0 Å². The highest BCUT2D eigenvalue weighted by molar-refractivity contribution is 7.89. The number of carbonyl (C=O) groups excluding carboxylic acids is 2. The second kappa shape index (κ2) is 14.0. The van der Waals surface area contributed by atoms with Crippen LogP contribution in [0.4, 0.5) is 0 Å². The fourth-order valence-corrected chi connectivity index (χ4v) is 8.13. The molecule has 2 N–H and O–H groups in total. The van der Waals surface area contributed by atoms with Crippen molar-refractivity contribution in [3.8, 4) is 0 Å². The quantitative estimate of drug-likeness (QED) is 0.449. The van der Waals surface area contributed by atoms with E-state index < -0.39 is 43.9 Å². The molecule has 0 aromatic heterocycles. The van der Waals surface area contributed by atoms with Crippen molar-refractivity contribution in [3.05, 3.63) is 95.1 Å². The van der Waals surface area contributed by atoms with E-state index in [1.165, 1.54) is 32.9 Å². The molecule has 4 rings (SSSR count). The van der Waals surface area contributed by atoms with Crippen molar-refractivity contribution in [2.45, 2.75) is 75.5 Å². The Kier molecular flexibility index (Phi) is 10.6. The largest absolute Gasteiger partial charge is 0.355 e. The van der Waals surface area contributed by atoms with Gasteiger partial charge in [0.2, 0.25) is 31.9 Å². The van der Waals surface area contributed by atoms with Gasteiger partial charge < -0.3 is 10.6 Å². The molecule has 44 heavy (non-hydrogen) atoms. The number of amides is 2. The summed E-state index contributed by atoms with van der Waals surface area (Å²) in [7, 11) is -8.19. The van der Waals surface area contributed by atoms with Crippen LogP contribution in [-0.2, 0) is 42.7 Å². The van der Waals surface area contributed by atoms with Crippen molar-refractivity contribution < 1.29 is 26.4 Å². The van der Waals surface area contributed by atoms with Gasteiger partial charge in [0.25, 0.3) is 0 Å². The summed E-state index contributed by atoms with van der Waals surface area (Å²) in [6, 6.07) is 17.7. The lowest BCUT2D eigenvalue weighted by Gasteiger charge is -2.29. The molecule has 2 amide bonds. The molecule has 1 aliphatic rings. The molecule has 1 aliphatic heterocycles. The van der Waals surface area contributed by atoms with Crippen molar-refractivity contribution in [1.29, 1.82) is 0 Å². The molecule has 0 aliphatic carbocycles. The van der Waals surface area contributed by atoms with Gasteiger partial charge in [0.15, 0.2) is 0 Å². The summed E-state index contributed by atoms with van der Waals surface area (Å²) in [5, 5.41) is 5.64. The minimum Gasteiger partial charge on any atom is -0.355 e. The van der Waals surface area contributed by atoms with Gasteiger partial charge in [-0.15, -0.1) is 0 Å². The maximum Gasteiger partial charge on any atom is 0.244 e. The molecule has 0 unspecified atom stereocenters. The molecule has 3 aromatic carbocycles. The van der Waals surface area contributed by atoms with Gasteiger partial charge in [-0.25, -0.2) is 16.8 Å². The van der Waals surface area contributed by atoms with Crippen molar-refractivity contribution >= 4 is 31.9 Å². The molecule has 0 radical (unpaired) electrons. The molecule has 0 fully saturated rings. The molecule has 2 bridgehead atoms. The molecule has 0 spiro atoms. The number of fused-ring (bicyclic) bond motifs is 2. The summed E-state index contributed by atoms with van der Waals surface area (Å²) in [5.74, 6) is -0.872. The number of sulfonamides is 2. The molecular weight excluding hydrogens is 601 g/mol. The fraction of sp³-hybridized carbons (Fsp3) is 0.375. The Morgan fingerprint density at radius 1 is 0.614 bits per heavy atom. The van der Waals surface area contributed by atoms with Crippen molar-refractivity contribution in [2.75, 3.05) is 13.1 Å². The van der Waals surface area contributed by atoms with Gasteiger partial charge in [-0.2, -0.15) is 8.61 Å². The van der Waals surface area contributed by atoms with Gasteiger partial charge in [-0.1, -0.05) is 59.7 Å². The average molecular weight is 641 g/mol. The summed E-state index contributed by atoms with van der Waals surface area (Å²) in [4.78, 5) is 26.5.